The number of hydrogen-bond acceptors (Lipinski definition) is 1. The first-order valence-corrected chi connectivity index (χ1v) is 10.3. The summed E-state index contributed by atoms with van der Waals surface area (Å²) in [6.45, 7) is 2.28. The summed E-state index contributed by atoms with van der Waals surface area (Å²) >= 11 is 0. The van der Waals surface area contributed by atoms with E-state index in [9.17, 15) is 13.9 Å². The van der Waals surface area contributed by atoms with Gasteiger partial charge in [-0.25, -0.2) is 4.39 Å². The first-order valence-electron chi connectivity index (χ1n) is 10.3. The molecule has 0 bridgehead atoms. The Labute approximate surface area is 150 Å². The normalized spacial score (nSPS) is 30.8. The molecule has 2 aliphatic rings. The van der Waals surface area contributed by atoms with E-state index >= 15 is 0 Å². The van der Waals surface area contributed by atoms with Crippen LogP contribution in [-0.4, -0.2) is 5.11 Å². The summed E-state index contributed by atoms with van der Waals surface area (Å²) in [5.74, 6) is 0.115. The summed E-state index contributed by atoms with van der Waals surface area (Å²) in [4.78, 5) is 0. The summed E-state index contributed by atoms with van der Waals surface area (Å²) in [5.41, 5.74) is 0.461. The fourth-order valence-electron chi connectivity index (χ4n) is 5.34. The minimum absolute atomic E-state index is 0.0940. The average molecular weight is 350 g/mol. The standard InChI is InChI=1S/C22H32F2O/c1-2-4-15-7-9-17(10-8-15)16-5-3-6-18(12-11-16)19-13-14-20(25)22(24)21(19)23/h13-18,25H,2-12H2,1H3. The number of hydrogen-bond donors (Lipinski definition) is 1. The van der Waals surface area contributed by atoms with Gasteiger partial charge in [-0.3, -0.25) is 0 Å². The Morgan fingerprint density at radius 2 is 1.56 bits per heavy atom. The number of halogens is 2. The molecule has 140 valence electrons. The molecule has 3 heteroatoms. The molecule has 2 fully saturated rings. The van der Waals surface area contributed by atoms with E-state index < -0.39 is 17.4 Å². The fraction of sp³-hybridized carbons (Fsp3) is 0.727. The first-order chi connectivity index (χ1) is 12.1. The average Bonchev–Trinajstić information content (AvgIpc) is 2.87. The molecule has 0 spiro atoms. The maximum atomic E-state index is 14.2. The molecule has 2 saturated carbocycles. The third kappa shape index (κ3) is 4.35. The van der Waals surface area contributed by atoms with Gasteiger partial charge < -0.3 is 5.11 Å². The van der Waals surface area contributed by atoms with Crippen molar-refractivity contribution >= 4 is 0 Å². The lowest BCUT2D eigenvalue weighted by Gasteiger charge is -2.33. The molecule has 2 unspecified atom stereocenters. The molecule has 25 heavy (non-hydrogen) atoms. The maximum absolute atomic E-state index is 14.2. The highest BCUT2D eigenvalue weighted by atomic mass is 19.2. The van der Waals surface area contributed by atoms with Gasteiger partial charge in [0.1, 0.15) is 0 Å². The van der Waals surface area contributed by atoms with Crippen LogP contribution in [0.3, 0.4) is 0 Å². The van der Waals surface area contributed by atoms with Crippen LogP contribution >= 0.6 is 0 Å². The van der Waals surface area contributed by atoms with Crippen molar-refractivity contribution in [3.63, 3.8) is 0 Å². The van der Waals surface area contributed by atoms with E-state index in [0.717, 1.165) is 43.4 Å². The van der Waals surface area contributed by atoms with E-state index in [-0.39, 0.29) is 5.92 Å². The van der Waals surface area contributed by atoms with Crippen LogP contribution in [0.2, 0.25) is 0 Å². The smallest absolute Gasteiger partial charge is 0.200 e. The van der Waals surface area contributed by atoms with E-state index in [4.69, 9.17) is 0 Å². The van der Waals surface area contributed by atoms with Crippen LogP contribution in [0, 0.1) is 29.4 Å². The second-order valence-electron chi connectivity index (χ2n) is 8.34. The van der Waals surface area contributed by atoms with E-state index in [1.807, 2.05) is 0 Å². The van der Waals surface area contributed by atoms with Crippen LogP contribution in [0.15, 0.2) is 12.1 Å². The van der Waals surface area contributed by atoms with E-state index in [2.05, 4.69) is 6.92 Å². The van der Waals surface area contributed by atoms with Crippen molar-refractivity contribution in [1.29, 1.82) is 0 Å². The van der Waals surface area contributed by atoms with Gasteiger partial charge in [0.25, 0.3) is 0 Å². The molecule has 1 N–H and O–H groups in total. The van der Waals surface area contributed by atoms with Gasteiger partial charge in [0.05, 0.1) is 0 Å². The molecule has 3 rings (SSSR count). The summed E-state index contributed by atoms with van der Waals surface area (Å²) in [5, 5.41) is 9.34. The van der Waals surface area contributed by atoms with Crippen LogP contribution in [0.4, 0.5) is 8.78 Å². The highest BCUT2D eigenvalue weighted by Gasteiger charge is 2.30. The van der Waals surface area contributed by atoms with Gasteiger partial charge in [0, 0.05) is 0 Å². The van der Waals surface area contributed by atoms with Gasteiger partial charge in [0.2, 0.25) is 5.82 Å². The molecular formula is C22H32F2O. The zero-order valence-electron chi connectivity index (χ0n) is 15.4. The van der Waals surface area contributed by atoms with Crippen molar-refractivity contribution in [2.45, 2.75) is 83.5 Å². The second-order valence-corrected chi connectivity index (χ2v) is 8.34. The zero-order chi connectivity index (χ0) is 17.8. The van der Waals surface area contributed by atoms with Gasteiger partial charge in [-0.05, 0) is 67.4 Å². The summed E-state index contributed by atoms with van der Waals surface area (Å²) < 4.78 is 27.9. The highest BCUT2D eigenvalue weighted by molar-refractivity contribution is 5.32. The lowest BCUT2D eigenvalue weighted by molar-refractivity contribution is 0.183. The quantitative estimate of drug-likeness (QED) is 0.583. The zero-order valence-corrected chi connectivity index (χ0v) is 15.4. The largest absolute Gasteiger partial charge is 0.505 e. The molecule has 0 aliphatic heterocycles. The van der Waals surface area contributed by atoms with Crippen LogP contribution in [0.1, 0.15) is 89.0 Å². The van der Waals surface area contributed by atoms with E-state index in [1.54, 1.807) is 6.07 Å². The van der Waals surface area contributed by atoms with E-state index in [1.165, 1.54) is 51.0 Å². The molecule has 0 radical (unpaired) electrons. The van der Waals surface area contributed by atoms with Gasteiger partial charge >= 0.3 is 0 Å². The van der Waals surface area contributed by atoms with Crippen molar-refractivity contribution in [3.05, 3.63) is 29.3 Å². The third-order valence-electron chi connectivity index (χ3n) is 6.80. The van der Waals surface area contributed by atoms with Crippen molar-refractivity contribution in [3.8, 4) is 5.75 Å². The van der Waals surface area contributed by atoms with Crippen LogP contribution in [-0.2, 0) is 0 Å². The number of phenols is 1. The third-order valence-corrected chi connectivity index (χ3v) is 6.80. The molecule has 1 nitrogen and oxygen atoms in total. The van der Waals surface area contributed by atoms with Gasteiger partial charge in [-0.15, -0.1) is 0 Å². The molecule has 0 amide bonds. The van der Waals surface area contributed by atoms with Crippen LogP contribution in [0.5, 0.6) is 5.75 Å². The monoisotopic (exact) mass is 350 g/mol. The molecule has 2 atom stereocenters. The Morgan fingerprint density at radius 1 is 0.880 bits per heavy atom. The molecule has 2 aliphatic carbocycles. The van der Waals surface area contributed by atoms with E-state index in [0.29, 0.717) is 5.56 Å². The van der Waals surface area contributed by atoms with Crippen LogP contribution in [0.25, 0.3) is 0 Å². The molecule has 0 aromatic heterocycles. The lowest BCUT2D eigenvalue weighted by atomic mass is 9.72. The second kappa shape index (κ2) is 8.51. The Morgan fingerprint density at radius 3 is 2.28 bits per heavy atom. The number of rotatable bonds is 4. The Balaban J connectivity index is 1.59. The lowest BCUT2D eigenvalue weighted by Crippen LogP contribution is -2.21. The predicted molar refractivity (Wildman–Crippen MR) is 97.7 cm³/mol. The fourth-order valence-corrected chi connectivity index (χ4v) is 5.34. The molecular weight excluding hydrogens is 318 g/mol. The summed E-state index contributed by atoms with van der Waals surface area (Å²) in [6.07, 6.45) is 13.5. The molecule has 0 saturated heterocycles. The van der Waals surface area contributed by atoms with Crippen molar-refractivity contribution in [2.24, 2.45) is 17.8 Å². The van der Waals surface area contributed by atoms with Gasteiger partial charge in [0.15, 0.2) is 11.6 Å². The Bertz CT molecular complexity index is 563. The van der Waals surface area contributed by atoms with Crippen molar-refractivity contribution in [2.75, 3.05) is 0 Å². The SMILES string of the molecule is CCCC1CCC(C2CCCC(c3ccc(O)c(F)c3F)CC2)CC1. The minimum Gasteiger partial charge on any atom is -0.505 e. The topological polar surface area (TPSA) is 20.2 Å². The van der Waals surface area contributed by atoms with Crippen LogP contribution < -0.4 is 0 Å². The molecule has 0 heterocycles. The summed E-state index contributed by atoms with van der Waals surface area (Å²) in [6, 6.07) is 2.87. The van der Waals surface area contributed by atoms with Gasteiger partial charge in [-0.2, -0.15) is 4.39 Å². The minimum atomic E-state index is -1.09. The predicted octanol–water partition coefficient (Wildman–Crippen LogP) is 6.94. The number of phenolic OH excluding ortho intramolecular Hbond substituents is 1. The highest BCUT2D eigenvalue weighted by Crippen LogP contribution is 2.43. The Kier molecular flexibility index (Phi) is 6.35. The summed E-state index contributed by atoms with van der Waals surface area (Å²) in [7, 11) is 0. The molecule has 1 aromatic carbocycles. The Hall–Kier alpha value is -1.12. The number of aromatic hydroxyl groups is 1. The maximum Gasteiger partial charge on any atom is 0.200 e. The first kappa shape index (κ1) is 18.7. The number of benzene rings is 1. The van der Waals surface area contributed by atoms with Gasteiger partial charge in [-0.1, -0.05) is 51.5 Å². The van der Waals surface area contributed by atoms with Crippen molar-refractivity contribution < 1.29 is 13.9 Å². The molecule has 1 aromatic rings. The van der Waals surface area contributed by atoms with Crippen molar-refractivity contribution in [1.82, 2.24) is 0 Å².